The molecule has 3 N–H and O–H groups in total. The van der Waals surface area contributed by atoms with Crippen molar-refractivity contribution in [2.24, 2.45) is 11.7 Å². The zero-order valence-electron chi connectivity index (χ0n) is 10.5. The second-order valence-electron chi connectivity index (χ2n) is 4.70. The van der Waals surface area contributed by atoms with Gasteiger partial charge < -0.3 is 15.8 Å². The number of nitrogens with one attached hydrogen (secondary N) is 1. The van der Waals surface area contributed by atoms with E-state index in [0.717, 1.165) is 5.56 Å². The number of amides is 1. The van der Waals surface area contributed by atoms with Crippen LogP contribution in [0.1, 0.15) is 18.5 Å². The zero-order chi connectivity index (χ0) is 14.0. The number of hydrogen-bond acceptors (Lipinski definition) is 3. The number of hydrogen-bond donors (Lipinski definition) is 2. The van der Waals surface area contributed by atoms with Crippen molar-refractivity contribution in [1.29, 1.82) is 0 Å². The summed E-state index contributed by atoms with van der Waals surface area (Å²) in [6.07, 6.45) is 0. The van der Waals surface area contributed by atoms with Crippen LogP contribution in [-0.2, 0) is 9.53 Å². The zero-order valence-corrected chi connectivity index (χ0v) is 12.0. The molecule has 1 amide bonds. The first-order valence-corrected chi connectivity index (χ1v) is 6.83. The van der Waals surface area contributed by atoms with Crippen molar-refractivity contribution in [2.75, 3.05) is 13.2 Å². The van der Waals surface area contributed by atoms with E-state index in [1.54, 1.807) is 18.2 Å². The fourth-order valence-electron chi connectivity index (χ4n) is 2.09. The lowest BCUT2D eigenvalue weighted by molar-refractivity contribution is -0.125. The first-order valence-electron chi connectivity index (χ1n) is 6.07. The first-order chi connectivity index (χ1) is 8.99. The van der Waals surface area contributed by atoms with Gasteiger partial charge in [-0.05, 0) is 24.6 Å². The Kier molecular flexibility index (Phi) is 4.68. The third-order valence-corrected chi connectivity index (χ3v) is 3.81. The number of halogens is 2. The van der Waals surface area contributed by atoms with Crippen LogP contribution in [0.3, 0.4) is 0 Å². The largest absolute Gasteiger partial charge is 0.379 e. The van der Waals surface area contributed by atoms with E-state index in [-0.39, 0.29) is 23.9 Å². The van der Waals surface area contributed by atoms with Crippen molar-refractivity contribution in [2.45, 2.75) is 19.0 Å². The van der Waals surface area contributed by atoms with E-state index in [9.17, 15) is 4.79 Å². The Morgan fingerprint density at radius 2 is 2.21 bits per heavy atom. The minimum absolute atomic E-state index is 0.108. The summed E-state index contributed by atoms with van der Waals surface area (Å²) >= 11 is 12.0. The van der Waals surface area contributed by atoms with E-state index >= 15 is 0 Å². The molecular formula is C13H16Cl2N2O2. The van der Waals surface area contributed by atoms with Crippen LogP contribution in [0, 0.1) is 5.92 Å². The topological polar surface area (TPSA) is 64.3 Å². The standard InChI is InChI=1S/C13H16Cl2N2O2/c1-7(9-3-2-8(14)4-11(9)15)17-13(18)10-5-19-6-12(10)16/h2-4,7,10,12H,5-6,16H2,1H3,(H,17,18). The van der Waals surface area contributed by atoms with E-state index in [2.05, 4.69) is 5.32 Å². The van der Waals surface area contributed by atoms with Crippen molar-refractivity contribution in [1.82, 2.24) is 5.32 Å². The minimum atomic E-state index is -0.298. The molecule has 19 heavy (non-hydrogen) atoms. The lowest BCUT2D eigenvalue weighted by Gasteiger charge is -2.19. The Morgan fingerprint density at radius 1 is 1.47 bits per heavy atom. The Hall–Kier alpha value is -0.810. The van der Waals surface area contributed by atoms with Gasteiger partial charge in [0.25, 0.3) is 0 Å². The van der Waals surface area contributed by atoms with Crippen LogP contribution in [0.5, 0.6) is 0 Å². The number of ether oxygens (including phenoxy) is 1. The summed E-state index contributed by atoms with van der Waals surface area (Å²) in [6.45, 7) is 2.66. The normalized spacial score (nSPS) is 24.2. The molecule has 1 saturated heterocycles. The third kappa shape index (κ3) is 3.39. The monoisotopic (exact) mass is 302 g/mol. The number of carbonyl (C=O) groups is 1. The Balaban J connectivity index is 2.04. The van der Waals surface area contributed by atoms with E-state index in [1.165, 1.54) is 0 Å². The van der Waals surface area contributed by atoms with Crippen LogP contribution in [-0.4, -0.2) is 25.2 Å². The highest BCUT2D eigenvalue weighted by atomic mass is 35.5. The summed E-state index contributed by atoms with van der Waals surface area (Å²) in [4.78, 5) is 12.1. The van der Waals surface area contributed by atoms with Gasteiger partial charge in [0.2, 0.25) is 5.91 Å². The van der Waals surface area contributed by atoms with E-state index < -0.39 is 0 Å². The fourth-order valence-corrected chi connectivity index (χ4v) is 2.66. The smallest absolute Gasteiger partial charge is 0.227 e. The maximum absolute atomic E-state index is 12.1. The Bertz CT molecular complexity index is 482. The van der Waals surface area contributed by atoms with Gasteiger partial charge in [0.1, 0.15) is 0 Å². The average molecular weight is 303 g/mol. The molecule has 1 aliphatic heterocycles. The molecule has 0 radical (unpaired) electrons. The summed E-state index contributed by atoms with van der Waals surface area (Å²) in [6, 6.07) is 4.76. The summed E-state index contributed by atoms with van der Waals surface area (Å²) in [5, 5.41) is 4.00. The molecule has 104 valence electrons. The molecule has 1 aromatic rings. The van der Waals surface area contributed by atoms with Gasteiger partial charge in [-0.1, -0.05) is 29.3 Å². The predicted octanol–water partition coefficient (Wildman–Crippen LogP) is 2.14. The molecular weight excluding hydrogens is 287 g/mol. The van der Waals surface area contributed by atoms with Gasteiger partial charge in [-0.25, -0.2) is 0 Å². The number of nitrogens with two attached hydrogens (primary N) is 1. The Morgan fingerprint density at radius 3 is 2.79 bits per heavy atom. The molecule has 0 spiro atoms. The van der Waals surface area contributed by atoms with Gasteiger partial charge in [0.05, 0.1) is 25.2 Å². The molecule has 2 rings (SSSR count). The van der Waals surface area contributed by atoms with Gasteiger partial charge in [-0.3, -0.25) is 4.79 Å². The maximum atomic E-state index is 12.1. The number of rotatable bonds is 3. The van der Waals surface area contributed by atoms with Crippen molar-refractivity contribution in [3.05, 3.63) is 33.8 Å². The van der Waals surface area contributed by atoms with Gasteiger partial charge in [-0.2, -0.15) is 0 Å². The molecule has 3 unspecified atom stereocenters. The van der Waals surface area contributed by atoms with Crippen LogP contribution in [0.25, 0.3) is 0 Å². The van der Waals surface area contributed by atoms with Gasteiger partial charge in [-0.15, -0.1) is 0 Å². The fraction of sp³-hybridized carbons (Fsp3) is 0.462. The van der Waals surface area contributed by atoms with Crippen molar-refractivity contribution in [3.63, 3.8) is 0 Å². The van der Waals surface area contributed by atoms with Crippen LogP contribution < -0.4 is 11.1 Å². The lowest BCUT2D eigenvalue weighted by Crippen LogP contribution is -2.41. The van der Waals surface area contributed by atoms with E-state index in [0.29, 0.717) is 23.3 Å². The van der Waals surface area contributed by atoms with Crippen LogP contribution in [0.2, 0.25) is 10.0 Å². The summed E-state index contributed by atoms with van der Waals surface area (Å²) < 4.78 is 5.19. The van der Waals surface area contributed by atoms with Crippen molar-refractivity contribution in [3.8, 4) is 0 Å². The molecule has 1 aromatic carbocycles. The van der Waals surface area contributed by atoms with E-state index in [1.807, 2.05) is 6.92 Å². The molecule has 6 heteroatoms. The molecule has 0 aromatic heterocycles. The predicted molar refractivity (Wildman–Crippen MR) is 75.3 cm³/mol. The highest BCUT2D eigenvalue weighted by Gasteiger charge is 2.32. The first kappa shape index (κ1) is 14.6. The molecule has 0 bridgehead atoms. The summed E-state index contributed by atoms with van der Waals surface area (Å²) in [5.74, 6) is -0.406. The molecule has 1 heterocycles. The third-order valence-electron chi connectivity index (χ3n) is 3.25. The molecule has 0 saturated carbocycles. The highest BCUT2D eigenvalue weighted by molar-refractivity contribution is 6.35. The van der Waals surface area contributed by atoms with Crippen molar-refractivity contribution < 1.29 is 9.53 Å². The van der Waals surface area contributed by atoms with E-state index in [4.69, 9.17) is 33.7 Å². The summed E-state index contributed by atoms with van der Waals surface area (Å²) in [5.41, 5.74) is 6.64. The van der Waals surface area contributed by atoms with Gasteiger partial charge in [0, 0.05) is 16.1 Å². The minimum Gasteiger partial charge on any atom is -0.379 e. The molecule has 4 nitrogen and oxygen atoms in total. The highest BCUT2D eigenvalue weighted by Crippen LogP contribution is 2.26. The Labute approximate surface area is 122 Å². The maximum Gasteiger partial charge on any atom is 0.227 e. The number of carbonyl (C=O) groups excluding carboxylic acids is 1. The molecule has 3 atom stereocenters. The average Bonchev–Trinajstić information content (AvgIpc) is 2.75. The SMILES string of the molecule is CC(NC(=O)C1COCC1N)c1ccc(Cl)cc1Cl. The van der Waals surface area contributed by atoms with Gasteiger partial charge in [0.15, 0.2) is 0 Å². The number of benzene rings is 1. The van der Waals surface area contributed by atoms with Crippen LogP contribution in [0.15, 0.2) is 18.2 Å². The molecule has 0 aliphatic carbocycles. The lowest BCUT2D eigenvalue weighted by atomic mass is 10.0. The summed E-state index contributed by atoms with van der Waals surface area (Å²) in [7, 11) is 0. The quantitative estimate of drug-likeness (QED) is 0.899. The van der Waals surface area contributed by atoms with Crippen molar-refractivity contribution >= 4 is 29.1 Å². The van der Waals surface area contributed by atoms with Crippen LogP contribution in [0.4, 0.5) is 0 Å². The molecule has 1 fully saturated rings. The molecule has 1 aliphatic rings. The second-order valence-corrected chi connectivity index (χ2v) is 5.55. The van der Waals surface area contributed by atoms with Crippen LogP contribution >= 0.6 is 23.2 Å². The van der Waals surface area contributed by atoms with Gasteiger partial charge >= 0.3 is 0 Å². The second kappa shape index (κ2) is 6.09.